The Morgan fingerprint density at radius 3 is 2.25 bits per heavy atom. The maximum Gasteiger partial charge on any atom is 0.314 e. The summed E-state index contributed by atoms with van der Waals surface area (Å²) < 4.78 is 10.7. The standard InChI is InChI=1S/C14H31N3O3/c1-4-13(3)12-17-14(18)16-7-9-20-11-10-19-8-6-15-5-2/h13,15H,4-12H2,1-3H3,(H2,16,17,18). The third-order valence-corrected chi connectivity index (χ3v) is 2.89. The molecule has 3 N–H and O–H groups in total. The van der Waals surface area contributed by atoms with Gasteiger partial charge < -0.3 is 25.4 Å². The number of nitrogens with one attached hydrogen (secondary N) is 3. The molecule has 0 heterocycles. The summed E-state index contributed by atoms with van der Waals surface area (Å²) in [4.78, 5) is 11.4. The van der Waals surface area contributed by atoms with Crippen molar-refractivity contribution in [3.8, 4) is 0 Å². The van der Waals surface area contributed by atoms with Crippen LogP contribution in [0.4, 0.5) is 4.79 Å². The normalized spacial score (nSPS) is 12.2. The highest BCUT2D eigenvalue weighted by molar-refractivity contribution is 5.73. The first-order valence-electron chi connectivity index (χ1n) is 7.58. The van der Waals surface area contributed by atoms with Crippen molar-refractivity contribution < 1.29 is 14.3 Å². The zero-order chi connectivity index (χ0) is 15.1. The summed E-state index contributed by atoms with van der Waals surface area (Å²) in [6.45, 7) is 11.7. The van der Waals surface area contributed by atoms with E-state index < -0.39 is 0 Å². The Morgan fingerprint density at radius 2 is 1.65 bits per heavy atom. The Labute approximate surface area is 123 Å². The summed E-state index contributed by atoms with van der Waals surface area (Å²) in [5.41, 5.74) is 0. The molecule has 2 amide bonds. The van der Waals surface area contributed by atoms with Gasteiger partial charge in [-0.25, -0.2) is 4.79 Å². The molecule has 0 aliphatic carbocycles. The van der Waals surface area contributed by atoms with Gasteiger partial charge in [-0.3, -0.25) is 0 Å². The molecule has 120 valence electrons. The van der Waals surface area contributed by atoms with Gasteiger partial charge in [0.1, 0.15) is 0 Å². The van der Waals surface area contributed by atoms with Gasteiger partial charge in [0.25, 0.3) is 0 Å². The molecule has 0 aromatic heterocycles. The second-order valence-corrected chi connectivity index (χ2v) is 4.73. The zero-order valence-electron chi connectivity index (χ0n) is 13.2. The van der Waals surface area contributed by atoms with E-state index in [9.17, 15) is 4.79 Å². The number of ether oxygens (including phenoxy) is 2. The maximum atomic E-state index is 11.4. The van der Waals surface area contributed by atoms with Crippen LogP contribution >= 0.6 is 0 Å². The number of rotatable bonds is 13. The van der Waals surface area contributed by atoms with Gasteiger partial charge in [0.05, 0.1) is 26.4 Å². The predicted molar refractivity (Wildman–Crippen MR) is 81.0 cm³/mol. The number of carbonyl (C=O) groups is 1. The van der Waals surface area contributed by atoms with Crippen LogP contribution in [0.5, 0.6) is 0 Å². The molecule has 6 heteroatoms. The zero-order valence-corrected chi connectivity index (χ0v) is 13.2. The van der Waals surface area contributed by atoms with Gasteiger partial charge in [0.2, 0.25) is 0 Å². The minimum atomic E-state index is -0.129. The number of amides is 2. The van der Waals surface area contributed by atoms with Crippen LogP contribution in [0.2, 0.25) is 0 Å². The minimum absolute atomic E-state index is 0.129. The summed E-state index contributed by atoms with van der Waals surface area (Å²) in [6, 6.07) is -0.129. The molecule has 20 heavy (non-hydrogen) atoms. The lowest BCUT2D eigenvalue weighted by Gasteiger charge is -2.11. The van der Waals surface area contributed by atoms with Crippen LogP contribution in [-0.4, -0.2) is 58.6 Å². The first-order chi connectivity index (χ1) is 9.70. The molecule has 0 aromatic rings. The van der Waals surface area contributed by atoms with Crippen molar-refractivity contribution in [3.63, 3.8) is 0 Å². The summed E-state index contributed by atoms with van der Waals surface area (Å²) in [7, 11) is 0. The summed E-state index contributed by atoms with van der Waals surface area (Å²) in [6.07, 6.45) is 1.07. The molecule has 0 bridgehead atoms. The highest BCUT2D eigenvalue weighted by atomic mass is 16.5. The average Bonchev–Trinajstić information content (AvgIpc) is 2.46. The van der Waals surface area contributed by atoms with Gasteiger partial charge in [0.15, 0.2) is 0 Å². The molecule has 0 aliphatic rings. The molecule has 0 saturated heterocycles. The molecule has 0 spiro atoms. The monoisotopic (exact) mass is 289 g/mol. The van der Waals surface area contributed by atoms with Gasteiger partial charge in [-0.2, -0.15) is 0 Å². The van der Waals surface area contributed by atoms with E-state index >= 15 is 0 Å². The highest BCUT2D eigenvalue weighted by Crippen LogP contribution is 1.96. The quantitative estimate of drug-likeness (QED) is 0.442. The number of urea groups is 1. The largest absolute Gasteiger partial charge is 0.378 e. The molecule has 0 radical (unpaired) electrons. The van der Waals surface area contributed by atoms with Crippen LogP contribution in [0.3, 0.4) is 0 Å². The van der Waals surface area contributed by atoms with E-state index in [1.165, 1.54) is 0 Å². The van der Waals surface area contributed by atoms with Crippen LogP contribution in [0.1, 0.15) is 27.2 Å². The molecule has 0 saturated carbocycles. The average molecular weight is 289 g/mol. The Kier molecular flexibility index (Phi) is 13.9. The predicted octanol–water partition coefficient (Wildman–Crippen LogP) is 0.974. The second kappa shape index (κ2) is 14.6. The molecular weight excluding hydrogens is 258 g/mol. The molecule has 0 aliphatic heterocycles. The second-order valence-electron chi connectivity index (χ2n) is 4.73. The van der Waals surface area contributed by atoms with Crippen molar-refractivity contribution >= 4 is 6.03 Å². The van der Waals surface area contributed by atoms with Gasteiger partial charge in [-0.05, 0) is 12.5 Å². The lowest BCUT2D eigenvalue weighted by atomic mass is 10.1. The van der Waals surface area contributed by atoms with Crippen LogP contribution < -0.4 is 16.0 Å². The van der Waals surface area contributed by atoms with Crippen LogP contribution in [0.25, 0.3) is 0 Å². The number of hydrogen-bond acceptors (Lipinski definition) is 4. The van der Waals surface area contributed by atoms with Gasteiger partial charge in [-0.15, -0.1) is 0 Å². The molecule has 0 rings (SSSR count). The number of carbonyl (C=O) groups excluding carboxylic acids is 1. The van der Waals surface area contributed by atoms with Crippen molar-refractivity contribution in [2.75, 3.05) is 52.6 Å². The third-order valence-electron chi connectivity index (χ3n) is 2.89. The molecule has 0 aromatic carbocycles. The lowest BCUT2D eigenvalue weighted by molar-refractivity contribution is 0.0506. The Morgan fingerprint density at radius 1 is 1.00 bits per heavy atom. The van der Waals surface area contributed by atoms with Crippen molar-refractivity contribution in [2.45, 2.75) is 27.2 Å². The molecule has 1 unspecified atom stereocenters. The fraction of sp³-hybridized carbons (Fsp3) is 0.929. The smallest absolute Gasteiger partial charge is 0.314 e. The topological polar surface area (TPSA) is 71.6 Å². The first kappa shape index (κ1) is 19.1. The highest BCUT2D eigenvalue weighted by Gasteiger charge is 2.02. The molecular formula is C14H31N3O3. The number of hydrogen-bond donors (Lipinski definition) is 3. The summed E-state index contributed by atoms with van der Waals surface area (Å²) in [5.74, 6) is 0.511. The van der Waals surface area contributed by atoms with E-state index in [1.807, 2.05) is 0 Å². The van der Waals surface area contributed by atoms with E-state index in [0.717, 1.165) is 19.5 Å². The van der Waals surface area contributed by atoms with E-state index in [1.54, 1.807) is 0 Å². The molecule has 0 fully saturated rings. The molecule has 6 nitrogen and oxygen atoms in total. The Balaban J connectivity index is 3.17. The fourth-order valence-corrected chi connectivity index (χ4v) is 1.35. The van der Waals surface area contributed by atoms with Crippen molar-refractivity contribution in [2.24, 2.45) is 5.92 Å². The lowest BCUT2D eigenvalue weighted by Crippen LogP contribution is -2.39. The molecule has 1 atom stereocenters. The van der Waals surface area contributed by atoms with E-state index in [0.29, 0.717) is 45.4 Å². The van der Waals surface area contributed by atoms with Gasteiger partial charge in [0, 0.05) is 19.6 Å². The first-order valence-corrected chi connectivity index (χ1v) is 7.58. The van der Waals surface area contributed by atoms with E-state index in [2.05, 4.69) is 36.7 Å². The van der Waals surface area contributed by atoms with Gasteiger partial charge >= 0.3 is 6.03 Å². The number of likely N-dealkylation sites (N-methyl/N-ethyl adjacent to an activating group) is 1. The van der Waals surface area contributed by atoms with E-state index in [-0.39, 0.29) is 6.03 Å². The SMILES string of the molecule is CCNCCOCCOCCNC(=O)NCC(C)CC. The van der Waals surface area contributed by atoms with Crippen molar-refractivity contribution in [1.29, 1.82) is 0 Å². The van der Waals surface area contributed by atoms with Gasteiger partial charge in [-0.1, -0.05) is 27.2 Å². The fourth-order valence-electron chi connectivity index (χ4n) is 1.35. The Hall–Kier alpha value is -0.850. The Bertz CT molecular complexity index is 228. The van der Waals surface area contributed by atoms with E-state index in [4.69, 9.17) is 9.47 Å². The van der Waals surface area contributed by atoms with Crippen LogP contribution in [0.15, 0.2) is 0 Å². The van der Waals surface area contributed by atoms with Crippen LogP contribution in [-0.2, 0) is 9.47 Å². The summed E-state index contributed by atoms with van der Waals surface area (Å²) in [5, 5.41) is 8.76. The minimum Gasteiger partial charge on any atom is -0.378 e. The van der Waals surface area contributed by atoms with Crippen LogP contribution in [0, 0.1) is 5.92 Å². The maximum absolute atomic E-state index is 11.4. The van der Waals surface area contributed by atoms with Crippen molar-refractivity contribution in [1.82, 2.24) is 16.0 Å². The van der Waals surface area contributed by atoms with Crippen molar-refractivity contribution in [3.05, 3.63) is 0 Å². The summed E-state index contributed by atoms with van der Waals surface area (Å²) >= 11 is 0. The third kappa shape index (κ3) is 13.6.